The molecule has 8 heteroatoms. The first-order valence-corrected chi connectivity index (χ1v) is 10.5. The average Bonchev–Trinajstić information content (AvgIpc) is 3.10. The lowest BCUT2D eigenvalue weighted by molar-refractivity contribution is -0.132. The molecule has 2 aromatic rings. The molecule has 1 aliphatic rings. The molecule has 0 aromatic heterocycles. The highest BCUT2D eigenvalue weighted by molar-refractivity contribution is 9.10. The molecular weight excluding hydrogens is 466 g/mol. The van der Waals surface area contributed by atoms with Crippen molar-refractivity contribution in [2.75, 3.05) is 13.7 Å². The molecule has 0 N–H and O–H groups in total. The zero-order valence-corrected chi connectivity index (χ0v) is 19.0. The predicted molar refractivity (Wildman–Crippen MR) is 119 cm³/mol. The molecule has 0 spiro atoms. The zero-order valence-electron chi connectivity index (χ0n) is 17.4. The lowest BCUT2D eigenvalue weighted by Gasteiger charge is -2.11. The van der Waals surface area contributed by atoms with E-state index in [1.54, 1.807) is 30.3 Å². The van der Waals surface area contributed by atoms with Crippen LogP contribution in [0.5, 0.6) is 17.2 Å². The summed E-state index contributed by atoms with van der Waals surface area (Å²) in [5, 5.41) is 0. The van der Waals surface area contributed by atoms with Gasteiger partial charge in [0.1, 0.15) is 5.75 Å². The van der Waals surface area contributed by atoms with Gasteiger partial charge in [0.2, 0.25) is 5.90 Å². The van der Waals surface area contributed by atoms with Crippen LogP contribution in [-0.4, -0.2) is 31.6 Å². The Bertz CT molecular complexity index is 1040. The number of halogens is 1. The van der Waals surface area contributed by atoms with Crippen molar-refractivity contribution in [3.63, 3.8) is 0 Å². The molecule has 3 rings (SSSR count). The first kappa shape index (κ1) is 22.6. The molecule has 0 fully saturated rings. The molecule has 0 saturated heterocycles. The number of rotatable bonds is 8. The fourth-order valence-electron chi connectivity index (χ4n) is 2.78. The fraction of sp³-hybridized carbons (Fsp3) is 0.261. The minimum atomic E-state index is -0.558. The Hall–Kier alpha value is -3.13. The highest BCUT2D eigenvalue weighted by atomic mass is 79.9. The number of methoxy groups -OCH3 is 1. The summed E-state index contributed by atoms with van der Waals surface area (Å²) >= 11 is 3.36. The minimum Gasteiger partial charge on any atom is -0.494 e. The number of hydrogen-bond acceptors (Lipinski definition) is 7. The molecular formula is C23H22BrNO6. The summed E-state index contributed by atoms with van der Waals surface area (Å²) in [5.41, 5.74) is 1.44. The van der Waals surface area contributed by atoms with Crippen LogP contribution in [0.4, 0.5) is 0 Å². The van der Waals surface area contributed by atoms with Crippen LogP contribution in [0.3, 0.4) is 0 Å². The second-order valence-corrected chi connectivity index (χ2v) is 7.54. The Kier molecular flexibility index (Phi) is 7.46. The van der Waals surface area contributed by atoms with E-state index in [4.69, 9.17) is 18.9 Å². The molecule has 0 bridgehead atoms. The van der Waals surface area contributed by atoms with Gasteiger partial charge in [-0.3, -0.25) is 4.79 Å². The third-order valence-electron chi connectivity index (χ3n) is 4.29. The second-order valence-electron chi connectivity index (χ2n) is 6.69. The highest BCUT2D eigenvalue weighted by Crippen LogP contribution is 2.37. The first-order valence-electron chi connectivity index (χ1n) is 9.73. The molecule has 0 saturated carbocycles. The van der Waals surface area contributed by atoms with Crippen LogP contribution in [0.2, 0.25) is 0 Å². The first-order chi connectivity index (χ1) is 14.9. The summed E-state index contributed by atoms with van der Waals surface area (Å²) in [6.07, 6.45) is 3.63. The van der Waals surface area contributed by atoms with Crippen LogP contribution in [0.15, 0.2) is 51.6 Å². The van der Waals surface area contributed by atoms with Crippen molar-refractivity contribution in [3.8, 4) is 17.2 Å². The van der Waals surface area contributed by atoms with Crippen molar-refractivity contribution >= 4 is 39.8 Å². The SMILES string of the molecule is CCCCOc1ccc(C2=NC(=Cc3cc(Br)c(OC(C)=O)c(OC)c3)C(=O)O2)cc1. The monoisotopic (exact) mass is 487 g/mol. The van der Waals surface area contributed by atoms with Gasteiger partial charge in [-0.25, -0.2) is 9.79 Å². The molecule has 0 aliphatic carbocycles. The van der Waals surface area contributed by atoms with Gasteiger partial charge >= 0.3 is 11.9 Å². The molecule has 2 aromatic carbocycles. The number of aliphatic imine (C=N–C) groups is 1. The van der Waals surface area contributed by atoms with E-state index in [0.29, 0.717) is 28.0 Å². The summed E-state index contributed by atoms with van der Waals surface area (Å²) in [5.74, 6) is 0.543. The number of ether oxygens (including phenoxy) is 4. The topological polar surface area (TPSA) is 83.4 Å². The van der Waals surface area contributed by atoms with Crippen LogP contribution >= 0.6 is 15.9 Å². The van der Waals surface area contributed by atoms with E-state index < -0.39 is 11.9 Å². The third kappa shape index (κ3) is 5.73. The Labute approximate surface area is 188 Å². The van der Waals surface area contributed by atoms with Gasteiger partial charge in [-0.05, 0) is 70.4 Å². The van der Waals surface area contributed by atoms with E-state index in [-0.39, 0.29) is 17.3 Å². The highest BCUT2D eigenvalue weighted by Gasteiger charge is 2.24. The van der Waals surface area contributed by atoms with Gasteiger partial charge in [0.25, 0.3) is 0 Å². The van der Waals surface area contributed by atoms with Crippen molar-refractivity contribution in [2.45, 2.75) is 26.7 Å². The van der Waals surface area contributed by atoms with Crippen LogP contribution in [-0.2, 0) is 14.3 Å². The largest absolute Gasteiger partial charge is 0.494 e. The van der Waals surface area contributed by atoms with Crippen LogP contribution in [0.25, 0.3) is 6.08 Å². The number of cyclic esters (lactones) is 1. The lowest BCUT2D eigenvalue weighted by Crippen LogP contribution is -2.05. The average molecular weight is 488 g/mol. The second kappa shape index (κ2) is 10.3. The Morgan fingerprint density at radius 3 is 2.61 bits per heavy atom. The van der Waals surface area contributed by atoms with E-state index in [1.165, 1.54) is 14.0 Å². The van der Waals surface area contributed by atoms with E-state index in [9.17, 15) is 9.59 Å². The van der Waals surface area contributed by atoms with Crippen molar-refractivity contribution < 1.29 is 28.5 Å². The number of unbranched alkanes of at least 4 members (excludes halogenated alkanes) is 1. The number of hydrogen-bond donors (Lipinski definition) is 0. The Morgan fingerprint density at radius 1 is 1.23 bits per heavy atom. The van der Waals surface area contributed by atoms with Crippen molar-refractivity contribution in [1.82, 2.24) is 0 Å². The summed E-state index contributed by atoms with van der Waals surface area (Å²) in [7, 11) is 1.46. The number of nitrogens with zero attached hydrogens (tertiary/aromatic N) is 1. The Balaban J connectivity index is 1.83. The van der Waals surface area contributed by atoms with E-state index in [2.05, 4.69) is 27.8 Å². The maximum atomic E-state index is 12.3. The van der Waals surface area contributed by atoms with Gasteiger partial charge in [-0.1, -0.05) is 13.3 Å². The smallest absolute Gasteiger partial charge is 0.363 e. The standard InChI is InChI=1S/C23H22BrNO6/c1-4-5-10-29-17-8-6-16(7-9-17)22-25-19(23(27)31-22)12-15-11-18(24)21(30-14(2)26)20(13-15)28-3/h6-9,11-13H,4-5,10H2,1-3H3. The Morgan fingerprint density at radius 2 is 1.97 bits per heavy atom. The molecule has 0 amide bonds. The van der Waals surface area contributed by atoms with E-state index in [0.717, 1.165) is 18.6 Å². The number of esters is 2. The van der Waals surface area contributed by atoms with Crippen LogP contribution in [0, 0.1) is 0 Å². The summed E-state index contributed by atoms with van der Waals surface area (Å²) < 4.78 is 21.9. The van der Waals surface area contributed by atoms with E-state index >= 15 is 0 Å². The van der Waals surface area contributed by atoms with Crippen molar-refractivity contribution in [3.05, 3.63) is 57.7 Å². The van der Waals surface area contributed by atoms with Gasteiger partial charge in [0.05, 0.1) is 18.2 Å². The van der Waals surface area contributed by atoms with Crippen molar-refractivity contribution in [1.29, 1.82) is 0 Å². The molecule has 0 atom stereocenters. The number of benzene rings is 2. The molecule has 1 aliphatic heterocycles. The number of carbonyl (C=O) groups excluding carboxylic acids is 2. The van der Waals surface area contributed by atoms with Gasteiger partial charge in [-0.15, -0.1) is 0 Å². The zero-order chi connectivity index (χ0) is 22.4. The molecule has 0 radical (unpaired) electrons. The maximum Gasteiger partial charge on any atom is 0.363 e. The van der Waals surface area contributed by atoms with Gasteiger partial charge in [-0.2, -0.15) is 0 Å². The maximum absolute atomic E-state index is 12.3. The number of carbonyl (C=O) groups is 2. The minimum absolute atomic E-state index is 0.146. The van der Waals surface area contributed by atoms with Crippen LogP contribution in [0.1, 0.15) is 37.8 Å². The molecule has 1 heterocycles. The quantitative estimate of drug-likeness (QED) is 0.227. The molecule has 162 valence electrons. The predicted octanol–water partition coefficient (Wildman–Crippen LogP) is 4.91. The van der Waals surface area contributed by atoms with Gasteiger partial charge in [0.15, 0.2) is 17.2 Å². The molecule has 7 nitrogen and oxygen atoms in total. The van der Waals surface area contributed by atoms with Gasteiger partial charge in [0, 0.05) is 12.5 Å². The summed E-state index contributed by atoms with van der Waals surface area (Å²) in [6.45, 7) is 4.07. The normalized spacial score (nSPS) is 14.3. The van der Waals surface area contributed by atoms with Crippen LogP contribution < -0.4 is 14.2 Å². The lowest BCUT2D eigenvalue weighted by atomic mass is 10.1. The summed E-state index contributed by atoms with van der Waals surface area (Å²) in [6, 6.07) is 10.6. The van der Waals surface area contributed by atoms with Crippen molar-refractivity contribution in [2.24, 2.45) is 4.99 Å². The van der Waals surface area contributed by atoms with Gasteiger partial charge < -0.3 is 18.9 Å². The molecule has 31 heavy (non-hydrogen) atoms. The fourth-order valence-corrected chi connectivity index (χ4v) is 3.33. The van der Waals surface area contributed by atoms with E-state index in [1.807, 2.05) is 12.1 Å². The molecule has 0 unspecified atom stereocenters. The third-order valence-corrected chi connectivity index (χ3v) is 4.88. The summed E-state index contributed by atoms with van der Waals surface area (Å²) in [4.78, 5) is 27.9.